The van der Waals surface area contributed by atoms with Crippen molar-refractivity contribution in [3.63, 3.8) is 0 Å². The number of nitrogens with zero attached hydrogens (tertiary/aromatic N) is 1. The number of alkyl halides is 3. The van der Waals surface area contributed by atoms with Crippen LogP contribution < -0.4 is 10.2 Å². The lowest BCUT2D eigenvalue weighted by Crippen LogP contribution is -2.39. The zero-order valence-electron chi connectivity index (χ0n) is 11.1. The topological polar surface area (TPSA) is 32.3 Å². The van der Waals surface area contributed by atoms with E-state index in [1.54, 1.807) is 0 Å². The molecule has 1 saturated carbocycles. The van der Waals surface area contributed by atoms with Crippen molar-refractivity contribution in [2.45, 2.75) is 37.5 Å². The Kier molecular flexibility index (Phi) is 3.61. The molecule has 1 aliphatic carbocycles. The monoisotopic (exact) mass is 318 g/mol. The Morgan fingerprint density at radius 2 is 1.95 bits per heavy atom. The van der Waals surface area contributed by atoms with Gasteiger partial charge in [0.05, 0.1) is 17.3 Å². The lowest BCUT2D eigenvalue weighted by atomic mass is 10.1. The highest BCUT2D eigenvalue weighted by molar-refractivity contribution is 6.30. The van der Waals surface area contributed by atoms with Gasteiger partial charge in [-0.2, -0.15) is 13.2 Å². The van der Waals surface area contributed by atoms with Crippen LogP contribution in [-0.2, 0) is 11.0 Å². The van der Waals surface area contributed by atoms with Gasteiger partial charge in [0.25, 0.3) is 0 Å². The molecule has 3 rings (SSSR count). The predicted octanol–water partition coefficient (Wildman–Crippen LogP) is 3.22. The number of nitrogens with one attached hydrogen (secondary N) is 1. The number of carbonyl (C=O) groups excluding carboxylic acids is 1. The molecule has 1 N–H and O–H groups in total. The van der Waals surface area contributed by atoms with Crippen molar-refractivity contribution in [1.29, 1.82) is 0 Å². The number of rotatable bonds is 3. The maximum absolute atomic E-state index is 13.1. The van der Waals surface area contributed by atoms with Crippen LogP contribution in [-0.4, -0.2) is 24.5 Å². The minimum absolute atomic E-state index is 0.00498. The first-order valence-corrected chi connectivity index (χ1v) is 7.18. The summed E-state index contributed by atoms with van der Waals surface area (Å²) in [6, 6.07) is 3.47. The Labute approximate surface area is 125 Å². The molecular formula is C14H14ClF3N2O. The Bertz CT molecular complexity index is 572. The van der Waals surface area contributed by atoms with Gasteiger partial charge in [-0.15, -0.1) is 0 Å². The molecule has 1 atom stereocenters. The van der Waals surface area contributed by atoms with Gasteiger partial charge < -0.3 is 10.2 Å². The van der Waals surface area contributed by atoms with Gasteiger partial charge in [0, 0.05) is 17.6 Å². The van der Waals surface area contributed by atoms with E-state index in [2.05, 4.69) is 5.32 Å². The molecule has 1 unspecified atom stereocenters. The quantitative estimate of drug-likeness (QED) is 0.928. The largest absolute Gasteiger partial charge is 0.418 e. The van der Waals surface area contributed by atoms with Gasteiger partial charge in [-0.3, -0.25) is 4.79 Å². The smallest absolute Gasteiger partial charge is 0.310 e. The molecule has 0 bridgehead atoms. The summed E-state index contributed by atoms with van der Waals surface area (Å²) in [6.07, 6.45) is -1.96. The fourth-order valence-electron chi connectivity index (χ4n) is 2.58. The first-order valence-electron chi connectivity index (χ1n) is 6.80. The van der Waals surface area contributed by atoms with E-state index >= 15 is 0 Å². The van der Waals surface area contributed by atoms with E-state index in [-0.39, 0.29) is 29.2 Å². The average Bonchev–Trinajstić information content (AvgIpc) is 3.14. The molecule has 1 saturated heterocycles. The van der Waals surface area contributed by atoms with Crippen LogP contribution in [0.1, 0.15) is 24.8 Å². The lowest BCUT2D eigenvalue weighted by Gasteiger charge is -2.22. The maximum Gasteiger partial charge on any atom is 0.418 e. The average molecular weight is 319 g/mol. The fourth-order valence-corrected chi connectivity index (χ4v) is 2.75. The van der Waals surface area contributed by atoms with E-state index < -0.39 is 11.7 Å². The summed E-state index contributed by atoms with van der Waals surface area (Å²) >= 11 is 5.66. The molecule has 2 fully saturated rings. The zero-order valence-corrected chi connectivity index (χ0v) is 11.8. The van der Waals surface area contributed by atoms with Crippen molar-refractivity contribution in [2.24, 2.45) is 0 Å². The third-order valence-corrected chi connectivity index (χ3v) is 4.01. The second-order valence-corrected chi connectivity index (χ2v) is 5.87. The standard InChI is InChI=1S/C14H14ClF3N2O/c15-8-1-4-12(10(7-8)14(16,17)18)20-6-5-11(13(20)21)19-9-2-3-9/h1,4,7,9,11,19H,2-3,5-6H2. The highest BCUT2D eigenvalue weighted by Gasteiger charge is 2.41. The zero-order chi connectivity index (χ0) is 15.2. The van der Waals surface area contributed by atoms with Gasteiger partial charge in [0.1, 0.15) is 0 Å². The van der Waals surface area contributed by atoms with Crippen LogP contribution in [0.25, 0.3) is 0 Å². The molecule has 3 nitrogen and oxygen atoms in total. The van der Waals surface area contributed by atoms with Gasteiger partial charge in [0.15, 0.2) is 0 Å². The van der Waals surface area contributed by atoms with Crippen LogP contribution >= 0.6 is 11.6 Å². The molecule has 0 aromatic heterocycles. The first-order chi connectivity index (χ1) is 9.86. The molecule has 0 spiro atoms. The molecule has 114 valence electrons. The van der Waals surface area contributed by atoms with E-state index in [9.17, 15) is 18.0 Å². The molecule has 21 heavy (non-hydrogen) atoms. The van der Waals surface area contributed by atoms with Gasteiger partial charge in [0.2, 0.25) is 5.91 Å². The summed E-state index contributed by atoms with van der Waals surface area (Å²) in [5.41, 5.74) is -0.979. The fraction of sp³-hybridized carbons (Fsp3) is 0.500. The van der Waals surface area contributed by atoms with Crippen LogP contribution in [0, 0.1) is 0 Å². The van der Waals surface area contributed by atoms with E-state index in [1.807, 2.05) is 0 Å². The number of benzene rings is 1. The van der Waals surface area contributed by atoms with Crippen LogP contribution in [0.3, 0.4) is 0 Å². The van der Waals surface area contributed by atoms with E-state index in [0.717, 1.165) is 18.9 Å². The van der Waals surface area contributed by atoms with Crippen molar-refractivity contribution in [1.82, 2.24) is 5.32 Å². The highest BCUT2D eigenvalue weighted by Crippen LogP contribution is 2.39. The van der Waals surface area contributed by atoms with Gasteiger partial charge in [-0.05, 0) is 37.5 Å². The van der Waals surface area contributed by atoms with Crippen molar-refractivity contribution in [3.05, 3.63) is 28.8 Å². The molecule has 0 radical (unpaired) electrons. The van der Waals surface area contributed by atoms with E-state index in [4.69, 9.17) is 11.6 Å². The van der Waals surface area contributed by atoms with Crippen LogP contribution in [0.4, 0.5) is 18.9 Å². The minimum Gasteiger partial charge on any atom is -0.310 e. The summed E-state index contributed by atoms with van der Waals surface area (Å²) in [5.74, 6) is -0.297. The number of halogens is 4. The molecule has 1 heterocycles. The van der Waals surface area contributed by atoms with Crippen LogP contribution in [0.2, 0.25) is 5.02 Å². The van der Waals surface area contributed by atoms with E-state index in [0.29, 0.717) is 12.5 Å². The van der Waals surface area contributed by atoms with Crippen molar-refractivity contribution in [2.75, 3.05) is 11.4 Å². The van der Waals surface area contributed by atoms with Gasteiger partial charge >= 0.3 is 6.18 Å². The Morgan fingerprint density at radius 1 is 1.24 bits per heavy atom. The van der Waals surface area contributed by atoms with E-state index in [1.165, 1.54) is 17.0 Å². The minimum atomic E-state index is -4.54. The second-order valence-electron chi connectivity index (χ2n) is 5.43. The molecule has 1 aliphatic heterocycles. The number of carbonyl (C=O) groups is 1. The molecule has 1 amide bonds. The summed E-state index contributed by atoms with van der Waals surface area (Å²) in [6.45, 7) is 0.286. The predicted molar refractivity (Wildman–Crippen MR) is 73.4 cm³/mol. The summed E-state index contributed by atoms with van der Waals surface area (Å²) in [5, 5.41) is 3.18. The number of hydrogen-bond donors (Lipinski definition) is 1. The molecular weight excluding hydrogens is 305 g/mol. The molecule has 2 aliphatic rings. The third kappa shape index (κ3) is 3.01. The van der Waals surface area contributed by atoms with Gasteiger partial charge in [-0.1, -0.05) is 11.6 Å². The Balaban J connectivity index is 1.88. The number of amides is 1. The van der Waals surface area contributed by atoms with Crippen molar-refractivity contribution in [3.8, 4) is 0 Å². The van der Waals surface area contributed by atoms with Crippen molar-refractivity contribution >= 4 is 23.2 Å². The number of anilines is 1. The molecule has 7 heteroatoms. The summed E-state index contributed by atoms with van der Waals surface area (Å²) in [7, 11) is 0. The SMILES string of the molecule is O=C1C(NC2CC2)CCN1c1ccc(Cl)cc1C(F)(F)F. The highest BCUT2D eigenvalue weighted by atomic mass is 35.5. The Morgan fingerprint density at radius 3 is 2.57 bits per heavy atom. The van der Waals surface area contributed by atoms with Crippen LogP contribution in [0.5, 0.6) is 0 Å². The Hall–Kier alpha value is -1.27. The maximum atomic E-state index is 13.1. The summed E-state index contributed by atoms with van der Waals surface area (Å²) < 4.78 is 39.3. The molecule has 1 aromatic carbocycles. The van der Waals surface area contributed by atoms with Gasteiger partial charge in [-0.25, -0.2) is 0 Å². The lowest BCUT2D eigenvalue weighted by molar-refractivity contribution is -0.137. The summed E-state index contributed by atoms with van der Waals surface area (Å²) in [4.78, 5) is 13.5. The first kappa shape index (κ1) is 14.7. The third-order valence-electron chi connectivity index (χ3n) is 3.77. The van der Waals surface area contributed by atoms with Crippen molar-refractivity contribution < 1.29 is 18.0 Å². The second kappa shape index (κ2) is 5.18. The molecule has 1 aromatic rings. The normalized spacial score (nSPS) is 23.0. The number of hydrogen-bond acceptors (Lipinski definition) is 2. The van der Waals surface area contributed by atoms with Crippen LogP contribution in [0.15, 0.2) is 18.2 Å².